The molecule has 1 aliphatic rings. The first kappa shape index (κ1) is 7.95. The zero-order valence-electron chi connectivity index (χ0n) is 6.66. The summed E-state index contributed by atoms with van der Waals surface area (Å²) in [7, 11) is 0. The van der Waals surface area contributed by atoms with Gasteiger partial charge in [0, 0.05) is 16.5 Å². The number of aromatic hydroxyl groups is 1. The Balaban J connectivity index is 2.53. The number of phenolic OH excluding ortho intramolecular Hbond substituents is 1. The van der Waals surface area contributed by atoms with E-state index in [0.717, 1.165) is 22.6 Å². The van der Waals surface area contributed by atoms with E-state index in [1.165, 1.54) is 0 Å². The average molecular weight is 181 g/mol. The minimum atomic E-state index is 0.0162. The largest absolute Gasteiger partial charge is 0.508 e. The van der Waals surface area contributed by atoms with Gasteiger partial charge in [-0.25, -0.2) is 0 Å². The fraction of sp³-hybridized carbons (Fsp3) is 0.333. The second-order valence-corrected chi connectivity index (χ2v) is 4.07. The maximum absolute atomic E-state index is 9.53. The van der Waals surface area contributed by atoms with E-state index >= 15 is 0 Å². The molecule has 0 spiro atoms. The van der Waals surface area contributed by atoms with Crippen molar-refractivity contribution < 1.29 is 5.11 Å². The minimum Gasteiger partial charge on any atom is -0.508 e. The molecule has 0 aromatic heterocycles. The van der Waals surface area contributed by atoms with E-state index in [2.05, 4.69) is 0 Å². The van der Waals surface area contributed by atoms with Gasteiger partial charge in [-0.15, -0.1) is 11.8 Å². The Morgan fingerprint density at radius 3 is 3.08 bits per heavy atom. The SMILES string of the molecule is N[C@@H]1CCSc2cccc(O)c21. The number of hydrogen-bond acceptors (Lipinski definition) is 3. The summed E-state index contributed by atoms with van der Waals surface area (Å²) in [5.41, 5.74) is 6.80. The fourth-order valence-corrected chi connectivity index (χ4v) is 2.65. The Hall–Kier alpha value is -0.670. The third-order valence-electron chi connectivity index (χ3n) is 2.10. The van der Waals surface area contributed by atoms with Gasteiger partial charge in [0.1, 0.15) is 5.75 Å². The van der Waals surface area contributed by atoms with Crippen molar-refractivity contribution in [1.82, 2.24) is 0 Å². The highest BCUT2D eigenvalue weighted by Gasteiger charge is 2.19. The molecular weight excluding hydrogens is 170 g/mol. The first-order valence-corrected chi connectivity index (χ1v) is 4.98. The topological polar surface area (TPSA) is 46.2 Å². The second kappa shape index (κ2) is 2.99. The number of fused-ring (bicyclic) bond motifs is 1. The standard InChI is InChI=1S/C9H11NOS/c10-6-4-5-12-8-3-1-2-7(11)9(6)8/h1-3,6,11H,4-5,10H2/t6-/m1/s1. The lowest BCUT2D eigenvalue weighted by atomic mass is 10.0. The van der Waals surface area contributed by atoms with E-state index in [-0.39, 0.29) is 6.04 Å². The van der Waals surface area contributed by atoms with E-state index in [9.17, 15) is 5.11 Å². The predicted octanol–water partition coefficient (Wildman–Crippen LogP) is 1.89. The summed E-state index contributed by atoms with van der Waals surface area (Å²) < 4.78 is 0. The Labute approximate surface area is 75.8 Å². The molecule has 0 amide bonds. The van der Waals surface area contributed by atoms with Gasteiger partial charge in [-0.05, 0) is 24.3 Å². The third kappa shape index (κ3) is 1.19. The van der Waals surface area contributed by atoms with Crippen molar-refractivity contribution in [3.63, 3.8) is 0 Å². The summed E-state index contributed by atoms with van der Waals surface area (Å²) in [4.78, 5) is 1.13. The van der Waals surface area contributed by atoms with E-state index in [1.54, 1.807) is 17.8 Å². The molecule has 1 atom stereocenters. The van der Waals surface area contributed by atoms with E-state index < -0.39 is 0 Å². The van der Waals surface area contributed by atoms with Gasteiger partial charge in [-0.1, -0.05) is 6.07 Å². The van der Waals surface area contributed by atoms with Crippen molar-refractivity contribution in [3.8, 4) is 5.75 Å². The molecular formula is C9H11NOS. The lowest BCUT2D eigenvalue weighted by Gasteiger charge is -2.22. The van der Waals surface area contributed by atoms with E-state index in [1.807, 2.05) is 12.1 Å². The van der Waals surface area contributed by atoms with Crippen LogP contribution < -0.4 is 5.73 Å². The summed E-state index contributed by atoms with van der Waals surface area (Å²) in [6.07, 6.45) is 0.954. The molecule has 0 bridgehead atoms. The molecule has 0 fully saturated rings. The Morgan fingerprint density at radius 2 is 2.33 bits per heavy atom. The quantitative estimate of drug-likeness (QED) is 0.642. The highest BCUT2D eigenvalue weighted by Crippen LogP contribution is 2.39. The maximum Gasteiger partial charge on any atom is 0.121 e. The summed E-state index contributed by atoms with van der Waals surface area (Å²) in [5, 5.41) is 9.53. The van der Waals surface area contributed by atoms with Crippen molar-refractivity contribution in [2.24, 2.45) is 5.73 Å². The molecule has 1 heterocycles. The molecule has 3 heteroatoms. The number of rotatable bonds is 0. The third-order valence-corrected chi connectivity index (χ3v) is 3.21. The Morgan fingerprint density at radius 1 is 1.50 bits per heavy atom. The van der Waals surface area contributed by atoms with Gasteiger partial charge in [0.15, 0.2) is 0 Å². The molecule has 12 heavy (non-hydrogen) atoms. The van der Waals surface area contributed by atoms with E-state index in [0.29, 0.717) is 5.75 Å². The first-order chi connectivity index (χ1) is 5.79. The maximum atomic E-state index is 9.53. The Bertz CT molecular complexity index is 301. The lowest BCUT2D eigenvalue weighted by Crippen LogP contribution is -2.15. The fourth-order valence-electron chi connectivity index (χ4n) is 1.47. The molecule has 0 aliphatic carbocycles. The number of hydrogen-bond donors (Lipinski definition) is 2. The summed E-state index contributed by atoms with van der Waals surface area (Å²) in [6.45, 7) is 0. The van der Waals surface area contributed by atoms with Crippen LogP contribution in [0.1, 0.15) is 18.0 Å². The zero-order chi connectivity index (χ0) is 8.55. The monoisotopic (exact) mass is 181 g/mol. The molecule has 0 saturated heterocycles. The van der Waals surface area contributed by atoms with Crippen LogP contribution in [0.5, 0.6) is 5.75 Å². The van der Waals surface area contributed by atoms with E-state index in [4.69, 9.17) is 5.73 Å². The van der Waals surface area contributed by atoms with Gasteiger partial charge in [0.25, 0.3) is 0 Å². The van der Waals surface area contributed by atoms with Gasteiger partial charge in [0.2, 0.25) is 0 Å². The van der Waals surface area contributed by atoms with Crippen LogP contribution in [-0.4, -0.2) is 10.9 Å². The van der Waals surface area contributed by atoms with Crippen LogP contribution in [0, 0.1) is 0 Å². The predicted molar refractivity (Wildman–Crippen MR) is 50.4 cm³/mol. The van der Waals surface area contributed by atoms with Crippen molar-refractivity contribution in [3.05, 3.63) is 23.8 Å². The van der Waals surface area contributed by atoms with Gasteiger partial charge in [-0.3, -0.25) is 0 Å². The molecule has 0 radical (unpaired) electrons. The summed E-state index contributed by atoms with van der Waals surface area (Å²) in [6, 6.07) is 5.59. The van der Waals surface area contributed by atoms with Gasteiger partial charge < -0.3 is 10.8 Å². The number of benzene rings is 1. The normalized spacial score (nSPS) is 21.9. The van der Waals surface area contributed by atoms with Crippen molar-refractivity contribution in [1.29, 1.82) is 0 Å². The molecule has 0 unspecified atom stereocenters. The summed E-state index contributed by atoms with van der Waals surface area (Å²) >= 11 is 1.77. The van der Waals surface area contributed by atoms with Crippen LogP contribution in [0.15, 0.2) is 23.1 Å². The first-order valence-electron chi connectivity index (χ1n) is 3.99. The van der Waals surface area contributed by atoms with Crippen LogP contribution in [0.4, 0.5) is 0 Å². The molecule has 3 N–H and O–H groups in total. The molecule has 0 saturated carbocycles. The number of phenols is 1. The van der Waals surface area contributed by atoms with Gasteiger partial charge >= 0.3 is 0 Å². The van der Waals surface area contributed by atoms with Crippen LogP contribution in [0.2, 0.25) is 0 Å². The highest BCUT2D eigenvalue weighted by molar-refractivity contribution is 7.99. The molecule has 2 nitrogen and oxygen atoms in total. The van der Waals surface area contributed by atoms with Crippen LogP contribution in [-0.2, 0) is 0 Å². The average Bonchev–Trinajstić information content (AvgIpc) is 2.04. The lowest BCUT2D eigenvalue weighted by molar-refractivity contribution is 0.456. The zero-order valence-corrected chi connectivity index (χ0v) is 7.47. The Kier molecular flexibility index (Phi) is 1.98. The number of nitrogens with two attached hydrogens (primary N) is 1. The van der Waals surface area contributed by atoms with Gasteiger partial charge in [0.05, 0.1) is 0 Å². The highest BCUT2D eigenvalue weighted by atomic mass is 32.2. The molecule has 1 aromatic rings. The molecule has 1 aliphatic heterocycles. The molecule has 1 aromatic carbocycles. The minimum absolute atomic E-state index is 0.0162. The second-order valence-electron chi connectivity index (χ2n) is 2.93. The summed E-state index contributed by atoms with van der Waals surface area (Å²) in [5.74, 6) is 1.39. The molecule has 2 rings (SSSR count). The smallest absolute Gasteiger partial charge is 0.121 e. The van der Waals surface area contributed by atoms with Gasteiger partial charge in [-0.2, -0.15) is 0 Å². The van der Waals surface area contributed by atoms with Crippen LogP contribution >= 0.6 is 11.8 Å². The van der Waals surface area contributed by atoms with Crippen molar-refractivity contribution >= 4 is 11.8 Å². The number of thioether (sulfide) groups is 1. The van der Waals surface area contributed by atoms with Crippen molar-refractivity contribution in [2.75, 3.05) is 5.75 Å². The van der Waals surface area contributed by atoms with Crippen LogP contribution in [0.3, 0.4) is 0 Å². The van der Waals surface area contributed by atoms with Crippen molar-refractivity contribution in [2.45, 2.75) is 17.4 Å². The van der Waals surface area contributed by atoms with Crippen LogP contribution in [0.25, 0.3) is 0 Å². The molecule has 64 valence electrons.